The first kappa shape index (κ1) is 39.0. The summed E-state index contributed by atoms with van der Waals surface area (Å²) < 4.78 is 81.9. The number of halogens is 6. The molecule has 4 aromatic rings. The number of hydrogen-bond donors (Lipinski definition) is 0. The maximum atomic E-state index is 12.8. The van der Waals surface area contributed by atoms with Gasteiger partial charge in [-0.05, 0) is 74.8 Å². The van der Waals surface area contributed by atoms with E-state index in [1.807, 2.05) is 0 Å². The summed E-state index contributed by atoms with van der Waals surface area (Å²) in [5.41, 5.74) is 0.821. The van der Waals surface area contributed by atoms with E-state index in [4.69, 9.17) is 4.74 Å². The molecule has 0 saturated carbocycles. The smallest absolute Gasteiger partial charge is 0.381 e. The Morgan fingerprint density at radius 3 is 1.62 bits per heavy atom. The molecule has 0 radical (unpaired) electrons. The second-order valence-electron chi connectivity index (χ2n) is 16.7. The first-order valence-electron chi connectivity index (χ1n) is 19.3. The highest BCUT2D eigenvalue weighted by Gasteiger charge is 2.47. The molecule has 0 amide bonds. The van der Waals surface area contributed by atoms with Crippen LogP contribution in [0.15, 0.2) is 24.8 Å². The average molecular weight is 811 g/mol. The first-order valence-corrected chi connectivity index (χ1v) is 20.9. The molecule has 0 aliphatic carbocycles. The van der Waals surface area contributed by atoms with Crippen molar-refractivity contribution in [3.05, 3.63) is 34.5 Å². The molecule has 0 bridgehead atoms. The topological polar surface area (TPSA) is 73.8 Å². The third-order valence-electron chi connectivity index (χ3n) is 12.2. The predicted molar refractivity (Wildman–Crippen MR) is 204 cm³/mol. The number of nitrogens with zero attached hydrogens (tertiary/aromatic N) is 8. The fraction of sp³-hybridized carbons (Fsp3) is 0.684. The summed E-state index contributed by atoms with van der Waals surface area (Å²) in [5, 5.41) is 1.51. The molecular formula is C38H48F6N8OS2. The van der Waals surface area contributed by atoms with Crippen molar-refractivity contribution in [1.29, 1.82) is 0 Å². The van der Waals surface area contributed by atoms with Crippen molar-refractivity contribution in [1.82, 2.24) is 29.7 Å². The van der Waals surface area contributed by atoms with E-state index in [0.717, 1.165) is 143 Å². The highest BCUT2D eigenvalue weighted by Crippen LogP contribution is 2.45. The molecule has 2 spiro atoms. The number of piperidine rings is 2. The van der Waals surface area contributed by atoms with Gasteiger partial charge in [-0.3, -0.25) is 4.90 Å². The minimum absolute atomic E-state index is 0.299. The van der Waals surface area contributed by atoms with Gasteiger partial charge in [0.05, 0.1) is 30.2 Å². The van der Waals surface area contributed by atoms with Gasteiger partial charge in [0.2, 0.25) is 0 Å². The Bertz CT molecular complexity index is 1930. The van der Waals surface area contributed by atoms with Crippen molar-refractivity contribution in [3.8, 4) is 0 Å². The summed E-state index contributed by atoms with van der Waals surface area (Å²) >= 11 is 2.24. The van der Waals surface area contributed by atoms with E-state index in [-0.39, 0.29) is 0 Å². The molecule has 0 N–H and O–H groups in total. The molecule has 5 aliphatic rings. The highest BCUT2D eigenvalue weighted by molar-refractivity contribution is 7.19. The molecule has 0 aromatic carbocycles. The number of hydrogen-bond acceptors (Lipinski definition) is 11. The van der Waals surface area contributed by atoms with E-state index in [1.165, 1.54) is 19.1 Å². The normalized spacial score (nSPS) is 23.1. The standard InChI is InChI=1S/C20H25F3N4OS.C18H23F3N4S/c21-20(22,23)8-15-7-16-17(24-13-25-18(16)29-15)27-4-2-19(3-5-27)11-26(12-19)9-14-1-6-28-10-14;1-12(2)25-9-17(10-25)3-5-24(6-4-17)15-14-7-13(8-18(19,20)21)26-16(14)23-11-22-15/h7,13-14H,1-6,8-12H2;7,11-12H,3-6,8-10H2,1-2H3. The van der Waals surface area contributed by atoms with Gasteiger partial charge < -0.3 is 19.4 Å². The Morgan fingerprint density at radius 1 is 0.727 bits per heavy atom. The fourth-order valence-corrected chi connectivity index (χ4v) is 11.2. The summed E-state index contributed by atoms with van der Waals surface area (Å²) in [7, 11) is 0. The SMILES string of the molecule is CC(C)N1CC2(CCN(c3ncnc4sc(CC(F)(F)F)cc34)CC2)C1.FC(F)(F)Cc1cc2c(N3CCC4(CC3)CN(CC3CCOC3)C4)ncnc2s1. The van der Waals surface area contributed by atoms with Gasteiger partial charge >= 0.3 is 12.4 Å². The van der Waals surface area contributed by atoms with Gasteiger partial charge in [-0.2, -0.15) is 26.3 Å². The van der Waals surface area contributed by atoms with Gasteiger partial charge in [-0.15, -0.1) is 22.7 Å². The van der Waals surface area contributed by atoms with Crippen LogP contribution in [0.3, 0.4) is 0 Å². The third kappa shape index (κ3) is 8.85. The van der Waals surface area contributed by atoms with Crippen LogP contribution in [0, 0.1) is 16.7 Å². The molecule has 9 rings (SSSR count). The zero-order valence-electron chi connectivity index (χ0n) is 31.3. The molecule has 1 atom stereocenters. The maximum absolute atomic E-state index is 12.8. The average Bonchev–Trinajstić information content (AvgIpc) is 3.85. The number of likely N-dealkylation sites (tertiary alicyclic amines) is 2. The number of rotatable bonds is 7. The lowest BCUT2D eigenvalue weighted by Gasteiger charge is -2.55. The van der Waals surface area contributed by atoms with E-state index in [0.29, 0.717) is 42.2 Å². The van der Waals surface area contributed by atoms with Crippen molar-refractivity contribution in [3.63, 3.8) is 0 Å². The van der Waals surface area contributed by atoms with Crippen LogP contribution >= 0.6 is 22.7 Å². The summed E-state index contributed by atoms with van der Waals surface area (Å²) in [6, 6.07) is 3.84. The zero-order valence-corrected chi connectivity index (χ0v) is 32.9. The third-order valence-corrected chi connectivity index (χ3v) is 14.3. The Morgan fingerprint density at radius 2 is 1.20 bits per heavy atom. The maximum Gasteiger partial charge on any atom is 0.393 e. The number of anilines is 2. The van der Waals surface area contributed by atoms with Gasteiger partial charge in [0.25, 0.3) is 0 Å². The number of thiophene rings is 2. The van der Waals surface area contributed by atoms with E-state index in [2.05, 4.69) is 53.4 Å². The molecule has 55 heavy (non-hydrogen) atoms. The monoisotopic (exact) mass is 810 g/mol. The zero-order chi connectivity index (χ0) is 38.6. The molecule has 17 heteroatoms. The molecule has 1 unspecified atom stereocenters. The lowest BCUT2D eigenvalue weighted by Crippen LogP contribution is -2.62. The van der Waals surface area contributed by atoms with Crippen molar-refractivity contribution < 1.29 is 31.1 Å². The molecule has 300 valence electrons. The van der Waals surface area contributed by atoms with Crippen LogP contribution in [0.5, 0.6) is 0 Å². The van der Waals surface area contributed by atoms with Crippen molar-refractivity contribution in [2.45, 2.75) is 77.2 Å². The van der Waals surface area contributed by atoms with Crippen LogP contribution in [-0.2, 0) is 17.6 Å². The van der Waals surface area contributed by atoms with Gasteiger partial charge in [-0.1, -0.05) is 0 Å². The van der Waals surface area contributed by atoms with Crippen LogP contribution < -0.4 is 9.80 Å². The Hall–Kier alpha value is -2.86. The van der Waals surface area contributed by atoms with Crippen LogP contribution in [-0.4, -0.2) is 120 Å². The summed E-state index contributed by atoms with van der Waals surface area (Å²) in [4.78, 5) is 28.6. The number of alkyl halides is 6. The van der Waals surface area contributed by atoms with Crippen LogP contribution in [0.25, 0.3) is 20.4 Å². The van der Waals surface area contributed by atoms with E-state index < -0.39 is 25.2 Å². The molecule has 5 fully saturated rings. The number of fused-ring (bicyclic) bond motifs is 2. The van der Waals surface area contributed by atoms with Gasteiger partial charge in [0.15, 0.2) is 0 Å². The second kappa shape index (κ2) is 15.1. The molecule has 4 aromatic heterocycles. The molecule has 9 heterocycles. The van der Waals surface area contributed by atoms with Crippen molar-refractivity contribution in [2.24, 2.45) is 16.7 Å². The van der Waals surface area contributed by atoms with E-state index in [9.17, 15) is 26.3 Å². The quantitative estimate of drug-likeness (QED) is 0.174. The lowest BCUT2D eigenvalue weighted by molar-refractivity contribution is -0.127. The molecule has 5 saturated heterocycles. The van der Waals surface area contributed by atoms with Gasteiger partial charge in [-0.25, -0.2) is 19.9 Å². The minimum Gasteiger partial charge on any atom is -0.381 e. The highest BCUT2D eigenvalue weighted by atomic mass is 32.1. The lowest BCUT2D eigenvalue weighted by atomic mass is 9.71. The summed E-state index contributed by atoms with van der Waals surface area (Å²) in [6.45, 7) is 15.7. The second-order valence-corrected chi connectivity index (χ2v) is 18.9. The van der Waals surface area contributed by atoms with Crippen LogP contribution in [0.2, 0.25) is 0 Å². The van der Waals surface area contributed by atoms with Gasteiger partial charge in [0.1, 0.15) is 34.0 Å². The fourth-order valence-electron chi connectivity index (χ4n) is 9.18. The molecule has 5 aliphatic heterocycles. The Labute approximate surface area is 325 Å². The largest absolute Gasteiger partial charge is 0.393 e. The number of ether oxygens (including phenoxy) is 1. The molecule has 9 nitrogen and oxygen atoms in total. The van der Waals surface area contributed by atoms with Crippen LogP contribution in [0.1, 0.15) is 55.7 Å². The van der Waals surface area contributed by atoms with Crippen LogP contribution in [0.4, 0.5) is 38.0 Å². The Kier molecular flexibility index (Phi) is 10.7. The Balaban J connectivity index is 0.000000156. The van der Waals surface area contributed by atoms with E-state index in [1.54, 1.807) is 12.1 Å². The summed E-state index contributed by atoms with van der Waals surface area (Å²) in [5.74, 6) is 2.26. The summed E-state index contributed by atoms with van der Waals surface area (Å²) in [6.07, 6.45) is -1.64. The number of aromatic nitrogens is 4. The van der Waals surface area contributed by atoms with Crippen molar-refractivity contribution >= 4 is 54.7 Å². The molecular weight excluding hydrogens is 763 g/mol. The predicted octanol–water partition coefficient (Wildman–Crippen LogP) is 7.84. The first-order chi connectivity index (χ1) is 26.1. The van der Waals surface area contributed by atoms with Crippen molar-refractivity contribution in [2.75, 3.05) is 81.9 Å². The van der Waals surface area contributed by atoms with E-state index >= 15 is 0 Å². The van der Waals surface area contributed by atoms with Gasteiger partial charge in [0, 0.05) is 81.3 Å². The minimum atomic E-state index is -4.20.